The van der Waals surface area contributed by atoms with Crippen LogP contribution in [0.5, 0.6) is 0 Å². The van der Waals surface area contributed by atoms with Gasteiger partial charge in [-0.25, -0.2) is 0 Å². The van der Waals surface area contributed by atoms with Crippen molar-refractivity contribution < 1.29 is 9.90 Å². The first-order valence-corrected chi connectivity index (χ1v) is 8.76. The number of aryl methyl sites for hydroxylation is 1. The fourth-order valence-electron chi connectivity index (χ4n) is 4.16. The summed E-state index contributed by atoms with van der Waals surface area (Å²) in [7, 11) is 0. The summed E-state index contributed by atoms with van der Waals surface area (Å²) in [5, 5.41) is 8.94. The SMILES string of the molecule is CC1(C)CCCC(c2ccc(CC[C@@H]3CC3C(=O)O)cc2)C1. The molecular weight excluding hydrogens is 272 g/mol. The van der Waals surface area contributed by atoms with Crippen LogP contribution in [0.25, 0.3) is 0 Å². The van der Waals surface area contributed by atoms with Gasteiger partial charge in [-0.3, -0.25) is 4.79 Å². The predicted octanol–water partition coefficient (Wildman–Crippen LogP) is 5.02. The maximum atomic E-state index is 10.9. The molecular formula is C20H28O2. The highest BCUT2D eigenvalue weighted by Crippen LogP contribution is 2.44. The third-order valence-corrected chi connectivity index (χ3v) is 5.70. The summed E-state index contributed by atoms with van der Waals surface area (Å²) in [5.74, 6) is 0.456. The van der Waals surface area contributed by atoms with Crippen LogP contribution in [0, 0.1) is 17.3 Å². The molecule has 0 saturated heterocycles. The fraction of sp³-hybridized carbons (Fsp3) is 0.650. The van der Waals surface area contributed by atoms with E-state index >= 15 is 0 Å². The van der Waals surface area contributed by atoms with E-state index in [2.05, 4.69) is 38.1 Å². The van der Waals surface area contributed by atoms with E-state index in [0.29, 0.717) is 11.3 Å². The molecule has 0 heterocycles. The molecule has 2 fully saturated rings. The van der Waals surface area contributed by atoms with Crippen LogP contribution in [-0.4, -0.2) is 11.1 Å². The van der Waals surface area contributed by atoms with Crippen molar-refractivity contribution in [2.75, 3.05) is 0 Å². The Morgan fingerprint density at radius 1 is 1.27 bits per heavy atom. The molecule has 3 rings (SSSR count). The van der Waals surface area contributed by atoms with Crippen molar-refractivity contribution in [3.8, 4) is 0 Å². The van der Waals surface area contributed by atoms with Crippen LogP contribution in [0.1, 0.15) is 69.4 Å². The lowest BCUT2D eigenvalue weighted by Gasteiger charge is -2.35. The van der Waals surface area contributed by atoms with Crippen molar-refractivity contribution in [3.63, 3.8) is 0 Å². The van der Waals surface area contributed by atoms with Crippen molar-refractivity contribution in [1.82, 2.24) is 0 Å². The maximum absolute atomic E-state index is 10.9. The molecule has 2 aliphatic carbocycles. The van der Waals surface area contributed by atoms with Gasteiger partial charge in [-0.05, 0) is 66.9 Å². The molecule has 3 atom stereocenters. The molecule has 1 N–H and O–H groups in total. The molecule has 1 aromatic carbocycles. The summed E-state index contributed by atoms with van der Waals surface area (Å²) in [4.78, 5) is 10.9. The lowest BCUT2D eigenvalue weighted by atomic mass is 9.70. The largest absolute Gasteiger partial charge is 0.481 e. The molecule has 0 spiro atoms. The topological polar surface area (TPSA) is 37.3 Å². The van der Waals surface area contributed by atoms with Crippen LogP contribution < -0.4 is 0 Å². The first-order chi connectivity index (χ1) is 10.4. The second-order valence-electron chi connectivity index (χ2n) is 8.18. The summed E-state index contributed by atoms with van der Waals surface area (Å²) in [6.45, 7) is 4.78. The Kier molecular flexibility index (Phi) is 4.29. The average Bonchev–Trinajstić information content (AvgIpc) is 3.24. The molecule has 120 valence electrons. The van der Waals surface area contributed by atoms with Gasteiger partial charge in [0, 0.05) is 0 Å². The lowest BCUT2D eigenvalue weighted by molar-refractivity contribution is -0.138. The zero-order valence-electron chi connectivity index (χ0n) is 13.8. The van der Waals surface area contributed by atoms with Crippen molar-refractivity contribution in [2.45, 2.75) is 64.7 Å². The van der Waals surface area contributed by atoms with Crippen molar-refractivity contribution in [2.24, 2.45) is 17.3 Å². The number of benzene rings is 1. The van der Waals surface area contributed by atoms with Crippen LogP contribution in [0.15, 0.2) is 24.3 Å². The molecule has 2 unspecified atom stereocenters. The second kappa shape index (κ2) is 6.06. The average molecular weight is 300 g/mol. The first kappa shape index (κ1) is 15.6. The molecule has 0 aromatic heterocycles. The molecule has 0 aliphatic heterocycles. The van der Waals surface area contributed by atoms with Crippen molar-refractivity contribution >= 4 is 5.97 Å². The predicted molar refractivity (Wildman–Crippen MR) is 89.0 cm³/mol. The van der Waals surface area contributed by atoms with E-state index in [4.69, 9.17) is 5.11 Å². The van der Waals surface area contributed by atoms with E-state index in [-0.39, 0.29) is 5.92 Å². The van der Waals surface area contributed by atoms with E-state index in [1.54, 1.807) is 0 Å². The Labute approximate surface area is 133 Å². The second-order valence-corrected chi connectivity index (χ2v) is 8.18. The molecule has 0 radical (unpaired) electrons. The van der Waals surface area contributed by atoms with Gasteiger partial charge in [0.15, 0.2) is 0 Å². The normalized spacial score (nSPS) is 30.0. The Hall–Kier alpha value is -1.31. The number of carboxylic acid groups (broad SMARTS) is 1. The third kappa shape index (κ3) is 3.71. The summed E-state index contributed by atoms with van der Waals surface area (Å²) in [5.41, 5.74) is 3.33. The van der Waals surface area contributed by atoms with Gasteiger partial charge >= 0.3 is 5.97 Å². The molecule has 2 aliphatic rings. The van der Waals surface area contributed by atoms with E-state index in [0.717, 1.165) is 25.2 Å². The third-order valence-electron chi connectivity index (χ3n) is 5.70. The van der Waals surface area contributed by atoms with Crippen LogP contribution in [-0.2, 0) is 11.2 Å². The molecule has 0 bridgehead atoms. The van der Waals surface area contributed by atoms with Crippen LogP contribution in [0.3, 0.4) is 0 Å². The fourth-order valence-corrected chi connectivity index (χ4v) is 4.16. The molecule has 1 aromatic rings. The van der Waals surface area contributed by atoms with Gasteiger partial charge in [0.25, 0.3) is 0 Å². The van der Waals surface area contributed by atoms with Crippen LogP contribution in [0.2, 0.25) is 0 Å². The van der Waals surface area contributed by atoms with Gasteiger partial charge in [0.05, 0.1) is 5.92 Å². The van der Waals surface area contributed by atoms with Gasteiger partial charge < -0.3 is 5.11 Å². The summed E-state index contributed by atoms with van der Waals surface area (Å²) in [6, 6.07) is 9.14. The van der Waals surface area contributed by atoms with E-state index in [1.165, 1.54) is 36.8 Å². The maximum Gasteiger partial charge on any atom is 0.306 e. The van der Waals surface area contributed by atoms with E-state index in [1.807, 2.05) is 0 Å². The molecule has 22 heavy (non-hydrogen) atoms. The Balaban J connectivity index is 1.53. The van der Waals surface area contributed by atoms with Crippen LogP contribution in [0.4, 0.5) is 0 Å². The summed E-state index contributed by atoms with van der Waals surface area (Å²) in [6.07, 6.45) is 8.24. The summed E-state index contributed by atoms with van der Waals surface area (Å²) < 4.78 is 0. The van der Waals surface area contributed by atoms with Crippen molar-refractivity contribution in [3.05, 3.63) is 35.4 Å². The van der Waals surface area contributed by atoms with Gasteiger partial charge in [0.1, 0.15) is 0 Å². The van der Waals surface area contributed by atoms with E-state index < -0.39 is 5.97 Å². The van der Waals surface area contributed by atoms with Crippen LogP contribution >= 0.6 is 0 Å². The van der Waals surface area contributed by atoms with Gasteiger partial charge in [-0.2, -0.15) is 0 Å². The summed E-state index contributed by atoms with van der Waals surface area (Å²) >= 11 is 0. The highest BCUT2D eigenvalue weighted by molar-refractivity contribution is 5.73. The Bertz CT molecular complexity index is 529. The number of rotatable bonds is 5. The zero-order valence-corrected chi connectivity index (χ0v) is 13.8. The highest BCUT2D eigenvalue weighted by Gasteiger charge is 2.42. The molecule has 2 nitrogen and oxygen atoms in total. The molecule has 0 amide bonds. The number of carbonyl (C=O) groups is 1. The Morgan fingerprint density at radius 3 is 2.59 bits per heavy atom. The monoisotopic (exact) mass is 300 g/mol. The minimum absolute atomic E-state index is 0.0660. The molecule has 2 saturated carbocycles. The number of hydrogen-bond acceptors (Lipinski definition) is 1. The van der Waals surface area contributed by atoms with E-state index in [9.17, 15) is 4.79 Å². The van der Waals surface area contributed by atoms with Gasteiger partial charge in [-0.1, -0.05) is 44.5 Å². The van der Waals surface area contributed by atoms with Gasteiger partial charge in [0.2, 0.25) is 0 Å². The number of carboxylic acids is 1. The number of aliphatic carboxylic acids is 1. The van der Waals surface area contributed by atoms with Gasteiger partial charge in [-0.15, -0.1) is 0 Å². The number of hydrogen-bond donors (Lipinski definition) is 1. The minimum atomic E-state index is -0.611. The smallest absolute Gasteiger partial charge is 0.306 e. The lowest BCUT2D eigenvalue weighted by Crippen LogP contribution is -2.21. The first-order valence-electron chi connectivity index (χ1n) is 8.76. The Morgan fingerprint density at radius 2 is 2.00 bits per heavy atom. The molecule has 2 heteroatoms. The van der Waals surface area contributed by atoms with Crippen molar-refractivity contribution in [1.29, 1.82) is 0 Å². The highest BCUT2D eigenvalue weighted by atomic mass is 16.4. The quantitative estimate of drug-likeness (QED) is 0.828. The minimum Gasteiger partial charge on any atom is -0.481 e. The zero-order chi connectivity index (χ0) is 15.7. The standard InChI is InChI=1S/C20H28O2/c1-20(2)11-3-4-17(13-20)15-8-5-14(6-9-15)7-10-16-12-18(16)19(21)22/h5-6,8-9,16-18H,3-4,7,10-13H2,1-2H3,(H,21,22)/t16-,17?,18?/m1/s1.